The second-order valence-corrected chi connectivity index (χ2v) is 8.96. The molecule has 0 saturated carbocycles. The molecule has 2 amide bonds. The molecule has 0 radical (unpaired) electrons. The van der Waals surface area contributed by atoms with Crippen LogP contribution in [0.2, 0.25) is 0 Å². The quantitative estimate of drug-likeness (QED) is 0.866. The predicted octanol–water partition coefficient (Wildman–Crippen LogP) is 3.20. The van der Waals surface area contributed by atoms with Gasteiger partial charge < -0.3 is 14.7 Å². The van der Waals surface area contributed by atoms with Crippen molar-refractivity contribution in [2.24, 2.45) is 11.3 Å². The fourth-order valence-corrected chi connectivity index (χ4v) is 3.96. The van der Waals surface area contributed by atoms with E-state index >= 15 is 0 Å². The van der Waals surface area contributed by atoms with Gasteiger partial charge in [0.25, 0.3) is 5.91 Å². The first-order valence-electron chi connectivity index (χ1n) is 9.18. The van der Waals surface area contributed by atoms with Gasteiger partial charge in [-0.3, -0.25) is 9.59 Å². The third kappa shape index (κ3) is 4.55. The highest BCUT2D eigenvalue weighted by Gasteiger charge is 2.34. The Morgan fingerprint density at radius 1 is 1.33 bits per heavy atom. The summed E-state index contributed by atoms with van der Waals surface area (Å²) in [4.78, 5) is 31.3. The molecule has 1 aliphatic rings. The second-order valence-electron chi connectivity index (χ2n) is 8.03. The Morgan fingerprint density at radius 3 is 2.56 bits per heavy atom. The van der Waals surface area contributed by atoms with Gasteiger partial charge in [0.05, 0.1) is 11.7 Å². The lowest BCUT2D eigenvalue weighted by Crippen LogP contribution is -2.45. The number of hydrogen-bond donors (Lipinski definition) is 1. The maximum absolute atomic E-state index is 12.6. The van der Waals surface area contributed by atoms with Crippen LogP contribution < -0.4 is 5.32 Å². The topological polar surface area (TPSA) is 88.3 Å². The molecule has 0 bridgehead atoms. The summed E-state index contributed by atoms with van der Waals surface area (Å²) in [6.07, 6.45) is 3.36. The van der Waals surface area contributed by atoms with Crippen LogP contribution in [-0.2, 0) is 4.79 Å². The number of carbonyl (C=O) groups is 2. The number of thiazole rings is 1. The maximum atomic E-state index is 12.6. The van der Waals surface area contributed by atoms with E-state index in [0.717, 1.165) is 17.8 Å². The highest BCUT2D eigenvalue weighted by molar-refractivity contribution is 7.09. The van der Waals surface area contributed by atoms with Gasteiger partial charge in [-0.25, -0.2) is 4.98 Å². The molecule has 1 saturated heterocycles. The smallest absolute Gasteiger partial charge is 0.292 e. The largest absolute Gasteiger partial charge is 0.351 e. The molecule has 1 fully saturated rings. The number of aryl methyl sites for hydroxylation is 1. The van der Waals surface area contributed by atoms with Gasteiger partial charge in [-0.1, -0.05) is 25.9 Å². The SMILES string of the molecule is Cc1cc(C(=O)N2CCC([C@H](NC(=O)C(C)(C)C)c3nccs3)CC2)on1. The minimum atomic E-state index is -0.462. The fraction of sp³-hybridized carbons (Fsp3) is 0.579. The van der Waals surface area contributed by atoms with Crippen LogP contribution in [0.25, 0.3) is 0 Å². The maximum Gasteiger partial charge on any atom is 0.292 e. The van der Waals surface area contributed by atoms with E-state index < -0.39 is 5.41 Å². The zero-order valence-electron chi connectivity index (χ0n) is 16.2. The Bertz CT molecular complexity index is 786. The number of piperidine rings is 1. The van der Waals surface area contributed by atoms with E-state index in [9.17, 15) is 9.59 Å². The van der Waals surface area contributed by atoms with Crippen LogP contribution in [0.3, 0.4) is 0 Å². The van der Waals surface area contributed by atoms with E-state index in [4.69, 9.17) is 4.52 Å². The molecular formula is C19H26N4O3S. The van der Waals surface area contributed by atoms with Crippen molar-refractivity contribution in [2.75, 3.05) is 13.1 Å². The van der Waals surface area contributed by atoms with Gasteiger partial charge in [0.15, 0.2) is 0 Å². The first kappa shape index (κ1) is 19.5. The van der Waals surface area contributed by atoms with E-state index in [1.807, 2.05) is 26.2 Å². The summed E-state index contributed by atoms with van der Waals surface area (Å²) in [6.45, 7) is 8.75. The number of nitrogens with zero attached hydrogens (tertiary/aromatic N) is 3. The summed E-state index contributed by atoms with van der Waals surface area (Å²) in [5, 5.41) is 9.82. The standard InChI is InChI=1S/C19H26N4O3S/c1-12-11-14(26-22-12)17(24)23-8-5-13(6-9-23)15(16-20-7-10-27-16)21-18(25)19(2,3)4/h7,10-11,13,15H,5-6,8-9H2,1-4H3,(H,21,25)/t15-/m0/s1. The summed E-state index contributed by atoms with van der Waals surface area (Å²) in [5.74, 6) is 0.406. The molecule has 1 N–H and O–H groups in total. The number of nitrogens with one attached hydrogen (secondary N) is 1. The Kier molecular flexibility index (Phi) is 5.64. The molecule has 27 heavy (non-hydrogen) atoms. The normalized spacial score (nSPS) is 17.0. The van der Waals surface area contributed by atoms with Crippen molar-refractivity contribution in [1.29, 1.82) is 0 Å². The van der Waals surface area contributed by atoms with Crippen molar-refractivity contribution < 1.29 is 14.1 Å². The van der Waals surface area contributed by atoms with Gasteiger partial charge >= 0.3 is 0 Å². The monoisotopic (exact) mass is 390 g/mol. The van der Waals surface area contributed by atoms with Crippen LogP contribution in [0.5, 0.6) is 0 Å². The first-order valence-corrected chi connectivity index (χ1v) is 10.1. The van der Waals surface area contributed by atoms with Crippen LogP contribution in [0.4, 0.5) is 0 Å². The number of hydrogen-bond acceptors (Lipinski definition) is 6. The molecule has 2 aromatic heterocycles. The Labute approximate surface area is 163 Å². The van der Waals surface area contributed by atoms with Crippen molar-refractivity contribution in [3.05, 3.63) is 34.1 Å². The molecular weight excluding hydrogens is 364 g/mol. The third-order valence-electron chi connectivity index (χ3n) is 4.82. The fourth-order valence-electron chi connectivity index (χ4n) is 3.18. The van der Waals surface area contributed by atoms with E-state index in [1.54, 1.807) is 35.4 Å². The van der Waals surface area contributed by atoms with Crippen LogP contribution in [0.15, 0.2) is 22.2 Å². The summed E-state index contributed by atoms with van der Waals surface area (Å²) >= 11 is 1.55. The van der Waals surface area contributed by atoms with E-state index in [-0.39, 0.29) is 29.5 Å². The Hall–Kier alpha value is -2.22. The number of likely N-dealkylation sites (tertiary alicyclic amines) is 1. The molecule has 7 nitrogen and oxygen atoms in total. The molecule has 0 spiro atoms. The van der Waals surface area contributed by atoms with Crippen LogP contribution >= 0.6 is 11.3 Å². The molecule has 3 rings (SSSR count). The van der Waals surface area contributed by atoms with E-state index in [0.29, 0.717) is 18.8 Å². The van der Waals surface area contributed by atoms with Crippen LogP contribution in [-0.4, -0.2) is 39.9 Å². The molecule has 8 heteroatoms. The zero-order chi connectivity index (χ0) is 19.6. The summed E-state index contributed by atoms with van der Waals surface area (Å²) in [7, 11) is 0. The highest BCUT2D eigenvalue weighted by atomic mass is 32.1. The molecule has 0 aliphatic carbocycles. The van der Waals surface area contributed by atoms with Crippen molar-refractivity contribution in [2.45, 2.75) is 46.6 Å². The van der Waals surface area contributed by atoms with Gasteiger partial charge in [-0.15, -0.1) is 11.3 Å². The van der Waals surface area contributed by atoms with Gasteiger partial charge in [-0.2, -0.15) is 0 Å². The lowest BCUT2D eigenvalue weighted by atomic mass is 9.87. The van der Waals surface area contributed by atoms with Crippen molar-refractivity contribution >= 4 is 23.2 Å². The molecule has 2 aromatic rings. The molecule has 0 unspecified atom stereocenters. The van der Waals surface area contributed by atoms with Crippen LogP contribution in [0.1, 0.15) is 60.9 Å². The Morgan fingerprint density at radius 2 is 2.04 bits per heavy atom. The van der Waals surface area contributed by atoms with Crippen LogP contribution in [0, 0.1) is 18.3 Å². The minimum Gasteiger partial charge on any atom is -0.351 e. The molecule has 3 heterocycles. The van der Waals surface area contributed by atoms with Gasteiger partial charge in [0.2, 0.25) is 11.7 Å². The average Bonchev–Trinajstić information content (AvgIpc) is 3.30. The number of carbonyl (C=O) groups excluding carboxylic acids is 2. The number of amides is 2. The molecule has 0 aromatic carbocycles. The number of aromatic nitrogens is 2. The molecule has 1 atom stereocenters. The third-order valence-corrected chi connectivity index (χ3v) is 5.68. The second kappa shape index (κ2) is 7.80. The van der Waals surface area contributed by atoms with Gasteiger partial charge in [0, 0.05) is 36.1 Å². The summed E-state index contributed by atoms with van der Waals surface area (Å²) in [5.41, 5.74) is 0.234. The molecule has 1 aliphatic heterocycles. The zero-order valence-corrected chi connectivity index (χ0v) is 17.0. The van der Waals surface area contributed by atoms with Crippen molar-refractivity contribution in [3.8, 4) is 0 Å². The highest BCUT2D eigenvalue weighted by Crippen LogP contribution is 2.33. The lowest BCUT2D eigenvalue weighted by molar-refractivity contribution is -0.129. The van der Waals surface area contributed by atoms with Gasteiger partial charge in [-0.05, 0) is 25.7 Å². The lowest BCUT2D eigenvalue weighted by Gasteiger charge is -2.36. The predicted molar refractivity (Wildman–Crippen MR) is 102 cm³/mol. The van der Waals surface area contributed by atoms with Gasteiger partial charge in [0.1, 0.15) is 5.01 Å². The number of rotatable bonds is 4. The Balaban J connectivity index is 1.67. The first-order chi connectivity index (χ1) is 12.8. The van der Waals surface area contributed by atoms with E-state index in [1.165, 1.54) is 0 Å². The summed E-state index contributed by atoms with van der Waals surface area (Å²) in [6, 6.07) is 1.54. The van der Waals surface area contributed by atoms with Crippen molar-refractivity contribution in [3.63, 3.8) is 0 Å². The van der Waals surface area contributed by atoms with Crippen molar-refractivity contribution in [1.82, 2.24) is 20.4 Å². The molecule has 146 valence electrons. The minimum absolute atomic E-state index is 0.0124. The van der Waals surface area contributed by atoms with E-state index in [2.05, 4.69) is 15.5 Å². The summed E-state index contributed by atoms with van der Waals surface area (Å²) < 4.78 is 5.10. The average molecular weight is 391 g/mol.